The minimum absolute atomic E-state index is 0.284. The Hall–Kier alpha value is -3.33. The van der Waals surface area contributed by atoms with Crippen molar-refractivity contribution in [1.29, 1.82) is 5.26 Å². The van der Waals surface area contributed by atoms with E-state index in [4.69, 9.17) is 4.74 Å². The monoisotopic (exact) mass is 347 g/mol. The molecule has 0 radical (unpaired) electrons. The van der Waals surface area contributed by atoms with Gasteiger partial charge in [0, 0.05) is 12.3 Å². The molecule has 0 aromatic heterocycles. The number of nitrogens with zero attached hydrogens (tertiary/aromatic N) is 1. The molecule has 2 heterocycles. The van der Waals surface area contributed by atoms with Crippen LogP contribution < -0.4 is 15.4 Å². The van der Waals surface area contributed by atoms with Gasteiger partial charge in [0.25, 0.3) is 0 Å². The second-order valence-electron chi connectivity index (χ2n) is 6.79. The first kappa shape index (κ1) is 16.2. The SMILES string of the molecule is CC12CC(c3ccccc3O1)C(C(=O)Nc1ccccc1C#N)C(=O)N2. The van der Waals surface area contributed by atoms with Gasteiger partial charge in [0.15, 0.2) is 5.72 Å². The van der Waals surface area contributed by atoms with E-state index >= 15 is 0 Å². The standard InChI is InChI=1S/C20H17N3O3/c1-20-10-14(13-7-3-5-9-16(13)26-20)17(19(25)23-20)18(24)22-15-8-4-2-6-12(15)11-21/h2-9,14,17H,10H2,1H3,(H,22,24)(H,23,25). The number of nitrogens with one attached hydrogen (secondary N) is 2. The average molecular weight is 347 g/mol. The Labute approximate surface area is 150 Å². The van der Waals surface area contributed by atoms with Gasteiger partial charge in [-0.25, -0.2) is 0 Å². The number of piperidine rings is 1. The summed E-state index contributed by atoms with van der Waals surface area (Å²) in [6, 6.07) is 16.2. The Kier molecular flexibility index (Phi) is 3.66. The Morgan fingerprint density at radius 1 is 1.27 bits per heavy atom. The molecule has 0 saturated carbocycles. The van der Waals surface area contributed by atoms with Crippen LogP contribution >= 0.6 is 0 Å². The molecule has 2 aliphatic rings. The molecule has 4 rings (SSSR count). The van der Waals surface area contributed by atoms with Crippen LogP contribution in [0.1, 0.15) is 30.4 Å². The molecule has 2 bridgehead atoms. The van der Waals surface area contributed by atoms with Crippen LogP contribution in [0.5, 0.6) is 5.75 Å². The number of carbonyl (C=O) groups excluding carboxylic acids is 2. The van der Waals surface area contributed by atoms with E-state index < -0.39 is 17.6 Å². The van der Waals surface area contributed by atoms with Gasteiger partial charge in [0.2, 0.25) is 11.8 Å². The molecule has 3 atom stereocenters. The molecule has 6 heteroatoms. The van der Waals surface area contributed by atoms with Crippen LogP contribution in [-0.4, -0.2) is 17.5 Å². The number of anilines is 1. The number of fused-ring (bicyclic) bond motifs is 4. The van der Waals surface area contributed by atoms with Crippen LogP contribution in [0.3, 0.4) is 0 Å². The highest BCUT2D eigenvalue weighted by atomic mass is 16.5. The maximum atomic E-state index is 12.9. The van der Waals surface area contributed by atoms with E-state index in [0.717, 1.165) is 5.56 Å². The zero-order chi connectivity index (χ0) is 18.3. The largest absolute Gasteiger partial charge is 0.468 e. The van der Waals surface area contributed by atoms with E-state index in [9.17, 15) is 14.9 Å². The van der Waals surface area contributed by atoms with Gasteiger partial charge in [-0.3, -0.25) is 9.59 Å². The third-order valence-corrected chi connectivity index (χ3v) is 4.92. The van der Waals surface area contributed by atoms with E-state index in [0.29, 0.717) is 23.4 Å². The highest BCUT2D eigenvalue weighted by molar-refractivity contribution is 6.08. The van der Waals surface area contributed by atoms with Crippen LogP contribution in [0.4, 0.5) is 5.69 Å². The first-order valence-corrected chi connectivity index (χ1v) is 8.41. The summed E-state index contributed by atoms with van der Waals surface area (Å²) < 4.78 is 5.94. The molecule has 0 spiro atoms. The highest BCUT2D eigenvalue weighted by Gasteiger charge is 2.51. The first-order chi connectivity index (χ1) is 12.5. The van der Waals surface area contributed by atoms with Crippen LogP contribution in [0, 0.1) is 17.2 Å². The van der Waals surface area contributed by atoms with Crippen molar-refractivity contribution < 1.29 is 14.3 Å². The first-order valence-electron chi connectivity index (χ1n) is 8.41. The Balaban J connectivity index is 1.69. The summed E-state index contributed by atoms with van der Waals surface area (Å²) in [6.07, 6.45) is 0.508. The molecule has 2 aromatic carbocycles. The van der Waals surface area contributed by atoms with Crippen molar-refractivity contribution in [2.24, 2.45) is 5.92 Å². The van der Waals surface area contributed by atoms with Gasteiger partial charge in [0.05, 0.1) is 11.3 Å². The second kappa shape index (κ2) is 5.88. The number of nitriles is 1. The molecule has 2 N–H and O–H groups in total. The third-order valence-electron chi connectivity index (χ3n) is 4.92. The lowest BCUT2D eigenvalue weighted by molar-refractivity contribution is -0.145. The lowest BCUT2D eigenvalue weighted by Crippen LogP contribution is -2.62. The third kappa shape index (κ3) is 2.58. The minimum Gasteiger partial charge on any atom is -0.468 e. The van der Waals surface area contributed by atoms with Gasteiger partial charge < -0.3 is 15.4 Å². The van der Waals surface area contributed by atoms with Gasteiger partial charge in [-0.2, -0.15) is 5.26 Å². The molecule has 6 nitrogen and oxygen atoms in total. The summed E-state index contributed by atoms with van der Waals surface area (Å²) in [5.41, 5.74) is 0.793. The fourth-order valence-electron chi connectivity index (χ4n) is 3.79. The van der Waals surface area contributed by atoms with E-state index in [1.807, 2.05) is 37.3 Å². The summed E-state index contributed by atoms with van der Waals surface area (Å²) in [5.74, 6) is -1.28. The number of hydrogen-bond donors (Lipinski definition) is 2. The Morgan fingerprint density at radius 2 is 2.00 bits per heavy atom. The Morgan fingerprint density at radius 3 is 2.81 bits per heavy atom. The number of rotatable bonds is 2. The number of amides is 2. The number of para-hydroxylation sites is 2. The topological polar surface area (TPSA) is 91.2 Å². The van der Waals surface area contributed by atoms with E-state index in [-0.39, 0.29) is 11.8 Å². The van der Waals surface area contributed by atoms with E-state index in [1.165, 1.54) is 0 Å². The van der Waals surface area contributed by atoms with Gasteiger partial charge in [-0.1, -0.05) is 30.3 Å². The molecular formula is C20H17N3O3. The number of hydrogen-bond acceptors (Lipinski definition) is 4. The molecule has 1 saturated heterocycles. The molecule has 26 heavy (non-hydrogen) atoms. The summed E-state index contributed by atoms with van der Waals surface area (Å²) in [5, 5.41) is 14.8. The fourth-order valence-corrected chi connectivity index (χ4v) is 3.79. The van der Waals surface area contributed by atoms with Crippen molar-refractivity contribution in [3.63, 3.8) is 0 Å². The molecule has 3 unspecified atom stereocenters. The molecule has 2 aliphatic heterocycles. The van der Waals surface area contributed by atoms with E-state index in [1.54, 1.807) is 24.3 Å². The molecule has 0 aliphatic carbocycles. The summed E-state index contributed by atoms with van der Waals surface area (Å²) in [4.78, 5) is 25.6. The van der Waals surface area contributed by atoms with Crippen LogP contribution in [-0.2, 0) is 9.59 Å². The maximum Gasteiger partial charge on any atom is 0.237 e. The summed E-state index contributed by atoms with van der Waals surface area (Å²) in [7, 11) is 0. The highest BCUT2D eigenvalue weighted by Crippen LogP contribution is 2.46. The maximum absolute atomic E-state index is 12.9. The molecule has 130 valence electrons. The molecule has 2 aromatic rings. The number of carbonyl (C=O) groups is 2. The average Bonchev–Trinajstić information content (AvgIpc) is 2.61. The second-order valence-corrected chi connectivity index (χ2v) is 6.79. The number of ether oxygens (including phenoxy) is 1. The zero-order valence-electron chi connectivity index (χ0n) is 14.2. The van der Waals surface area contributed by atoms with Crippen molar-refractivity contribution in [1.82, 2.24) is 5.32 Å². The number of benzene rings is 2. The zero-order valence-corrected chi connectivity index (χ0v) is 14.2. The molecular weight excluding hydrogens is 330 g/mol. The quantitative estimate of drug-likeness (QED) is 0.817. The van der Waals surface area contributed by atoms with Crippen LogP contribution in [0.15, 0.2) is 48.5 Å². The minimum atomic E-state index is -0.889. The van der Waals surface area contributed by atoms with Crippen LogP contribution in [0.25, 0.3) is 0 Å². The van der Waals surface area contributed by atoms with Gasteiger partial charge in [-0.15, -0.1) is 0 Å². The normalized spacial score (nSPS) is 25.9. The summed E-state index contributed by atoms with van der Waals surface area (Å²) >= 11 is 0. The lowest BCUT2D eigenvalue weighted by atomic mass is 9.74. The van der Waals surface area contributed by atoms with Crippen molar-refractivity contribution in [3.05, 3.63) is 59.7 Å². The lowest BCUT2D eigenvalue weighted by Gasteiger charge is -2.46. The van der Waals surface area contributed by atoms with Gasteiger partial charge in [0.1, 0.15) is 17.7 Å². The van der Waals surface area contributed by atoms with E-state index in [2.05, 4.69) is 10.6 Å². The van der Waals surface area contributed by atoms with Crippen molar-refractivity contribution >= 4 is 17.5 Å². The van der Waals surface area contributed by atoms with Crippen LogP contribution in [0.2, 0.25) is 0 Å². The predicted octanol–water partition coefficient (Wildman–Crippen LogP) is 2.53. The predicted molar refractivity (Wildman–Crippen MR) is 94.3 cm³/mol. The smallest absolute Gasteiger partial charge is 0.237 e. The fraction of sp³-hybridized carbons (Fsp3) is 0.250. The van der Waals surface area contributed by atoms with Crippen molar-refractivity contribution in [2.75, 3.05) is 5.32 Å². The van der Waals surface area contributed by atoms with Crippen molar-refractivity contribution in [2.45, 2.75) is 25.0 Å². The van der Waals surface area contributed by atoms with Crippen molar-refractivity contribution in [3.8, 4) is 11.8 Å². The molecule has 1 fully saturated rings. The van der Waals surface area contributed by atoms with Gasteiger partial charge in [-0.05, 0) is 30.7 Å². The van der Waals surface area contributed by atoms with Gasteiger partial charge >= 0.3 is 0 Å². The summed E-state index contributed by atoms with van der Waals surface area (Å²) in [6.45, 7) is 1.81. The Bertz CT molecular complexity index is 949. The molecule has 2 amide bonds.